The van der Waals surface area contributed by atoms with Gasteiger partial charge in [-0.15, -0.1) is 0 Å². The molecule has 6 heteroatoms. The van der Waals surface area contributed by atoms with E-state index in [2.05, 4.69) is 5.10 Å². The molecule has 0 aliphatic carbocycles. The highest BCUT2D eigenvalue weighted by Crippen LogP contribution is 2.29. The highest BCUT2D eigenvalue weighted by molar-refractivity contribution is 7.99. The average molecular weight is 249 g/mol. The van der Waals surface area contributed by atoms with E-state index in [-0.39, 0.29) is 6.10 Å². The standard InChI is InChI=1S/C9H13ClN2O2S/c1-12-8(6(10)4-11-12)9(13)7-5-15-3-2-14-7/h4,7,9,13H,2-3,5H2,1H3. The summed E-state index contributed by atoms with van der Waals surface area (Å²) in [5.41, 5.74) is 0.629. The van der Waals surface area contributed by atoms with Crippen molar-refractivity contribution < 1.29 is 9.84 Å². The van der Waals surface area contributed by atoms with Crippen LogP contribution in [0.15, 0.2) is 6.20 Å². The van der Waals surface area contributed by atoms with Crippen molar-refractivity contribution in [1.29, 1.82) is 0 Å². The first-order valence-corrected chi connectivity index (χ1v) is 6.28. The number of hydrogen-bond acceptors (Lipinski definition) is 4. The molecule has 0 bridgehead atoms. The summed E-state index contributed by atoms with van der Waals surface area (Å²) < 4.78 is 7.10. The zero-order valence-electron chi connectivity index (χ0n) is 8.39. The molecule has 2 atom stereocenters. The summed E-state index contributed by atoms with van der Waals surface area (Å²) in [6, 6.07) is 0. The summed E-state index contributed by atoms with van der Waals surface area (Å²) in [5, 5.41) is 14.6. The van der Waals surface area contributed by atoms with E-state index in [0.29, 0.717) is 17.3 Å². The van der Waals surface area contributed by atoms with Crippen molar-refractivity contribution >= 4 is 23.4 Å². The number of halogens is 1. The molecule has 0 amide bonds. The molecule has 0 radical (unpaired) electrons. The average Bonchev–Trinajstić information content (AvgIpc) is 2.59. The Labute approximate surface area is 97.6 Å². The van der Waals surface area contributed by atoms with Crippen LogP contribution in [-0.2, 0) is 11.8 Å². The third-order valence-electron chi connectivity index (χ3n) is 2.41. The molecule has 1 N–H and O–H groups in total. The van der Waals surface area contributed by atoms with Gasteiger partial charge < -0.3 is 9.84 Å². The van der Waals surface area contributed by atoms with E-state index in [1.165, 1.54) is 6.20 Å². The fourth-order valence-electron chi connectivity index (χ4n) is 1.62. The molecule has 0 saturated carbocycles. The summed E-state index contributed by atoms with van der Waals surface area (Å²) in [6.45, 7) is 0.682. The molecule has 1 aromatic rings. The number of aryl methyl sites for hydroxylation is 1. The molecule has 2 heterocycles. The van der Waals surface area contributed by atoms with Gasteiger partial charge in [-0.2, -0.15) is 16.9 Å². The second-order valence-electron chi connectivity index (χ2n) is 3.43. The van der Waals surface area contributed by atoms with Crippen LogP contribution < -0.4 is 0 Å². The first-order chi connectivity index (χ1) is 7.20. The van der Waals surface area contributed by atoms with E-state index in [1.807, 2.05) is 0 Å². The second kappa shape index (κ2) is 4.74. The molecule has 2 rings (SSSR count). The number of nitrogens with zero attached hydrogens (tertiary/aromatic N) is 2. The van der Waals surface area contributed by atoms with Gasteiger partial charge in [-0.05, 0) is 0 Å². The Kier molecular flexibility index (Phi) is 3.56. The lowest BCUT2D eigenvalue weighted by atomic mass is 10.1. The lowest BCUT2D eigenvalue weighted by Gasteiger charge is -2.26. The monoisotopic (exact) mass is 248 g/mol. The molecule has 0 spiro atoms. The van der Waals surface area contributed by atoms with Crippen molar-refractivity contribution in [3.63, 3.8) is 0 Å². The maximum atomic E-state index is 10.1. The predicted octanol–water partition coefficient (Wildman–Crippen LogP) is 1.24. The minimum Gasteiger partial charge on any atom is -0.384 e. The number of thioether (sulfide) groups is 1. The van der Waals surface area contributed by atoms with Gasteiger partial charge in [-0.25, -0.2) is 0 Å². The van der Waals surface area contributed by atoms with Crippen molar-refractivity contribution in [2.24, 2.45) is 7.05 Å². The van der Waals surface area contributed by atoms with Gasteiger partial charge in [-0.3, -0.25) is 4.68 Å². The molecular weight excluding hydrogens is 236 g/mol. The zero-order valence-corrected chi connectivity index (χ0v) is 9.96. The lowest BCUT2D eigenvalue weighted by molar-refractivity contribution is -0.0260. The van der Waals surface area contributed by atoms with E-state index in [4.69, 9.17) is 16.3 Å². The Balaban J connectivity index is 2.15. The summed E-state index contributed by atoms with van der Waals surface area (Å²) in [6.07, 6.45) is 0.658. The quantitative estimate of drug-likeness (QED) is 0.856. The van der Waals surface area contributed by atoms with Gasteiger partial charge >= 0.3 is 0 Å². The first-order valence-electron chi connectivity index (χ1n) is 4.75. The third kappa shape index (κ3) is 2.30. The molecule has 1 aliphatic rings. The van der Waals surface area contributed by atoms with Gasteiger partial charge in [0.25, 0.3) is 0 Å². The van der Waals surface area contributed by atoms with E-state index < -0.39 is 6.10 Å². The number of rotatable bonds is 2. The zero-order chi connectivity index (χ0) is 10.8. The first kappa shape index (κ1) is 11.3. The Morgan fingerprint density at radius 2 is 2.60 bits per heavy atom. The van der Waals surface area contributed by atoms with Crippen LogP contribution >= 0.6 is 23.4 Å². The van der Waals surface area contributed by atoms with E-state index >= 15 is 0 Å². The topological polar surface area (TPSA) is 47.3 Å². The minimum absolute atomic E-state index is 0.184. The van der Waals surface area contributed by atoms with Crippen molar-refractivity contribution in [2.75, 3.05) is 18.1 Å². The number of aromatic nitrogens is 2. The van der Waals surface area contributed by atoms with Gasteiger partial charge in [0, 0.05) is 18.6 Å². The Morgan fingerprint density at radius 3 is 3.13 bits per heavy atom. The highest BCUT2D eigenvalue weighted by Gasteiger charge is 2.28. The number of aliphatic hydroxyl groups excluding tert-OH is 1. The van der Waals surface area contributed by atoms with Crippen molar-refractivity contribution in [3.05, 3.63) is 16.9 Å². The SMILES string of the molecule is Cn1ncc(Cl)c1C(O)C1CSCCO1. The third-order valence-corrected chi connectivity index (χ3v) is 3.72. The summed E-state index contributed by atoms with van der Waals surface area (Å²) in [7, 11) is 1.76. The number of aliphatic hydroxyl groups is 1. The predicted molar refractivity (Wildman–Crippen MR) is 60.2 cm³/mol. The molecule has 1 fully saturated rings. The molecule has 15 heavy (non-hydrogen) atoms. The Bertz CT molecular complexity index is 319. The summed E-state index contributed by atoms with van der Waals surface area (Å²) in [5.74, 6) is 1.78. The highest BCUT2D eigenvalue weighted by atomic mass is 35.5. The fourth-order valence-corrected chi connectivity index (χ4v) is 2.79. The van der Waals surface area contributed by atoms with Gasteiger partial charge in [0.2, 0.25) is 0 Å². The van der Waals surface area contributed by atoms with Crippen LogP contribution in [0.2, 0.25) is 5.02 Å². The molecule has 1 aliphatic heterocycles. The molecule has 1 aromatic heterocycles. The largest absolute Gasteiger partial charge is 0.384 e. The lowest BCUT2D eigenvalue weighted by Crippen LogP contribution is -2.30. The number of ether oxygens (including phenoxy) is 1. The van der Waals surface area contributed by atoms with Crippen molar-refractivity contribution in [3.8, 4) is 0 Å². The van der Waals surface area contributed by atoms with E-state index in [9.17, 15) is 5.11 Å². The molecule has 2 unspecified atom stereocenters. The van der Waals surface area contributed by atoms with Crippen LogP contribution in [0.4, 0.5) is 0 Å². The fraction of sp³-hybridized carbons (Fsp3) is 0.667. The van der Waals surface area contributed by atoms with Crippen LogP contribution in [0.5, 0.6) is 0 Å². The summed E-state index contributed by atoms with van der Waals surface area (Å²) >= 11 is 7.74. The second-order valence-corrected chi connectivity index (χ2v) is 4.99. The minimum atomic E-state index is -0.696. The molecule has 84 valence electrons. The van der Waals surface area contributed by atoms with Crippen molar-refractivity contribution in [2.45, 2.75) is 12.2 Å². The van der Waals surface area contributed by atoms with Gasteiger partial charge in [0.05, 0.1) is 29.6 Å². The van der Waals surface area contributed by atoms with Crippen LogP contribution in [0, 0.1) is 0 Å². The summed E-state index contributed by atoms with van der Waals surface area (Å²) in [4.78, 5) is 0. The molecule has 1 saturated heterocycles. The van der Waals surface area contributed by atoms with Crippen LogP contribution in [0.3, 0.4) is 0 Å². The van der Waals surface area contributed by atoms with E-state index in [1.54, 1.807) is 23.5 Å². The van der Waals surface area contributed by atoms with Gasteiger partial charge in [0.15, 0.2) is 0 Å². The molecular formula is C9H13ClN2O2S. The van der Waals surface area contributed by atoms with Crippen LogP contribution in [-0.4, -0.2) is 39.1 Å². The molecule has 4 nitrogen and oxygen atoms in total. The maximum Gasteiger partial charge on any atom is 0.124 e. The molecule has 0 aromatic carbocycles. The normalized spacial score (nSPS) is 24.1. The van der Waals surface area contributed by atoms with Crippen LogP contribution in [0.25, 0.3) is 0 Å². The Hall–Kier alpha value is -0.230. The van der Waals surface area contributed by atoms with Crippen molar-refractivity contribution in [1.82, 2.24) is 9.78 Å². The van der Waals surface area contributed by atoms with E-state index in [0.717, 1.165) is 11.5 Å². The Morgan fingerprint density at radius 1 is 1.80 bits per heavy atom. The number of hydrogen-bond donors (Lipinski definition) is 1. The smallest absolute Gasteiger partial charge is 0.124 e. The van der Waals surface area contributed by atoms with Crippen LogP contribution in [0.1, 0.15) is 11.8 Å². The maximum absolute atomic E-state index is 10.1. The van der Waals surface area contributed by atoms with Gasteiger partial charge in [0.1, 0.15) is 6.10 Å². The van der Waals surface area contributed by atoms with Gasteiger partial charge in [-0.1, -0.05) is 11.6 Å².